The predicted octanol–water partition coefficient (Wildman–Crippen LogP) is 3.44. The first kappa shape index (κ1) is 14.6. The zero-order chi connectivity index (χ0) is 15.4. The number of aromatic hydroxyl groups is 1. The smallest absolute Gasteiger partial charge is 0.270 e. The topological polar surface area (TPSA) is 99.2 Å². The minimum atomic E-state index is -0.562. The third-order valence-corrected chi connectivity index (χ3v) is 3.18. The summed E-state index contributed by atoms with van der Waals surface area (Å²) >= 11 is 5.80. The third-order valence-electron chi connectivity index (χ3n) is 2.87. The van der Waals surface area contributed by atoms with E-state index in [0.29, 0.717) is 11.3 Å². The van der Waals surface area contributed by atoms with Gasteiger partial charge in [0.1, 0.15) is 11.8 Å². The number of para-hydroxylation sites is 1. The molecule has 2 N–H and O–H groups in total. The Morgan fingerprint density at radius 1 is 1.38 bits per heavy atom. The van der Waals surface area contributed by atoms with Crippen LogP contribution >= 0.6 is 11.6 Å². The normalized spacial score (nSPS) is 9.90. The maximum absolute atomic E-state index is 10.7. The molecular weight excluding hydrogens is 294 g/mol. The van der Waals surface area contributed by atoms with Crippen LogP contribution in [0, 0.1) is 21.4 Å². The summed E-state index contributed by atoms with van der Waals surface area (Å²) in [6.07, 6.45) is 0. The van der Waals surface area contributed by atoms with Crippen LogP contribution < -0.4 is 5.32 Å². The van der Waals surface area contributed by atoms with Crippen molar-refractivity contribution >= 4 is 23.0 Å². The Hall–Kier alpha value is -2.78. The van der Waals surface area contributed by atoms with Gasteiger partial charge < -0.3 is 10.4 Å². The molecule has 21 heavy (non-hydrogen) atoms. The lowest BCUT2D eigenvalue weighted by molar-refractivity contribution is -0.384. The van der Waals surface area contributed by atoms with E-state index in [4.69, 9.17) is 16.9 Å². The number of nitro benzene ring substituents is 1. The third kappa shape index (κ3) is 3.22. The molecule has 106 valence electrons. The van der Waals surface area contributed by atoms with E-state index < -0.39 is 4.92 Å². The number of halogens is 1. The molecule has 0 heterocycles. The molecule has 6 nitrogen and oxygen atoms in total. The Balaban J connectivity index is 2.22. The fourth-order valence-electron chi connectivity index (χ4n) is 1.79. The van der Waals surface area contributed by atoms with Crippen LogP contribution in [0.15, 0.2) is 36.4 Å². The number of phenols is 1. The summed E-state index contributed by atoms with van der Waals surface area (Å²) in [5, 5.41) is 32.7. The van der Waals surface area contributed by atoms with Gasteiger partial charge in [-0.05, 0) is 12.1 Å². The van der Waals surface area contributed by atoms with Crippen LogP contribution in [-0.4, -0.2) is 10.0 Å². The van der Waals surface area contributed by atoms with Gasteiger partial charge in [-0.2, -0.15) is 5.26 Å². The molecule has 0 atom stereocenters. The number of rotatable bonds is 4. The summed E-state index contributed by atoms with van der Waals surface area (Å²) < 4.78 is 0. The Bertz CT molecular complexity index is 741. The van der Waals surface area contributed by atoms with E-state index in [-0.39, 0.29) is 28.6 Å². The number of nitrogens with one attached hydrogen (secondary N) is 1. The predicted molar refractivity (Wildman–Crippen MR) is 78.3 cm³/mol. The van der Waals surface area contributed by atoms with Crippen molar-refractivity contribution in [2.75, 3.05) is 5.32 Å². The summed E-state index contributed by atoms with van der Waals surface area (Å²) in [7, 11) is 0. The highest BCUT2D eigenvalue weighted by Gasteiger charge is 2.11. The second-order valence-corrected chi connectivity index (χ2v) is 4.61. The molecule has 0 bridgehead atoms. The first-order chi connectivity index (χ1) is 10.0. The van der Waals surface area contributed by atoms with Crippen molar-refractivity contribution in [1.82, 2.24) is 0 Å². The van der Waals surface area contributed by atoms with Crippen LogP contribution in [0.5, 0.6) is 5.75 Å². The number of nitrogens with zero attached hydrogens (tertiary/aromatic N) is 2. The molecule has 0 saturated heterocycles. The van der Waals surface area contributed by atoms with Gasteiger partial charge in [-0.15, -0.1) is 0 Å². The molecule has 7 heteroatoms. The fourth-order valence-corrected chi connectivity index (χ4v) is 1.98. The van der Waals surface area contributed by atoms with Crippen LogP contribution in [0.2, 0.25) is 5.02 Å². The van der Waals surface area contributed by atoms with Crippen molar-refractivity contribution < 1.29 is 10.0 Å². The number of non-ortho nitro benzene ring substituents is 1. The van der Waals surface area contributed by atoms with E-state index in [1.807, 2.05) is 6.07 Å². The molecule has 2 rings (SSSR count). The Labute approximate surface area is 125 Å². The van der Waals surface area contributed by atoms with Gasteiger partial charge in [0.15, 0.2) is 0 Å². The highest BCUT2D eigenvalue weighted by atomic mass is 35.5. The van der Waals surface area contributed by atoms with Gasteiger partial charge in [-0.3, -0.25) is 10.1 Å². The SMILES string of the molecule is N#Cc1cc([N+](=O)[O-])ccc1NCc1cccc(Cl)c1O. The highest BCUT2D eigenvalue weighted by Crippen LogP contribution is 2.28. The van der Waals surface area contributed by atoms with Crippen LogP contribution in [0.3, 0.4) is 0 Å². The van der Waals surface area contributed by atoms with Crippen LogP contribution in [-0.2, 0) is 6.54 Å². The molecule has 0 fully saturated rings. The first-order valence-electron chi connectivity index (χ1n) is 5.91. The molecular formula is C14H10ClN3O3. The van der Waals surface area contributed by atoms with Crippen molar-refractivity contribution in [3.63, 3.8) is 0 Å². The van der Waals surface area contributed by atoms with Gasteiger partial charge in [-0.1, -0.05) is 23.7 Å². The van der Waals surface area contributed by atoms with Gasteiger partial charge in [0.05, 0.1) is 21.2 Å². The number of nitro groups is 1. The van der Waals surface area contributed by atoms with E-state index in [1.54, 1.807) is 18.2 Å². The lowest BCUT2D eigenvalue weighted by Gasteiger charge is -2.10. The molecule has 2 aromatic carbocycles. The summed E-state index contributed by atoms with van der Waals surface area (Å²) in [6.45, 7) is 0.235. The number of hydrogen-bond acceptors (Lipinski definition) is 5. The second kappa shape index (κ2) is 6.11. The maximum atomic E-state index is 10.7. The van der Waals surface area contributed by atoms with Gasteiger partial charge in [0.25, 0.3) is 5.69 Å². The monoisotopic (exact) mass is 303 g/mol. The minimum Gasteiger partial charge on any atom is -0.506 e. The lowest BCUT2D eigenvalue weighted by Crippen LogP contribution is -2.02. The summed E-state index contributed by atoms with van der Waals surface area (Å²) in [6, 6.07) is 10.8. The second-order valence-electron chi connectivity index (χ2n) is 4.20. The largest absolute Gasteiger partial charge is 0.506 e. The molecule has 0 radical (unpaired) electrons. The number of hydrogen-bond donors (Lipinski definition) is 2. The van der Waals surface area contributed by atoms with Crippen LogP contribution in [0.4, 0.5) is 11.4 Å². The summed E-state index contributed by atoms with van der Waals surface area (Å²) in [5.74, 6) is -0.0351. The average molecular weight is 304 g/mol. The lowest BCUT2D eigenvalue weighted by atomic mass is 10.1. The van der Waals surface area contributed by atoms with E-state index in [2.05, 4.69) is 5.32 Å². The zero-order valence-corrected chi connectivity index (χ0v) is 11.5. The molecule has 0 aromatic heterocycles. The number of anilines is 1. The minimum absolute atomic E-state index is 0.0351. The summed E-state index contributed by atoms with van der Waals surface area (Å²) in [4.78, 5) is 10.1. The van der Waals surface area contributed by atoms with E-state index in [9.17, 15) is 15.2 Å². The quantitative estimate of drug-likeness (QED) is 0.666. The fraction of sp³-hybridized carbons (Fsp3) is 0.0714. The van der Waals surface area contributed by atoms with Crippen molar-refractivity contribution in [2.24, 2.45) is 0 Å². The van der Waals surface area contributed by atoms with Crippen molar-refractivity contribution in [2.45, 2.75) is 6.54 Å². The van der Waals surface area contributed by atoms with Crippen LogP contribution in [0.1, 0.15) is 11.1 Å². The average Bonchev–Trinajstić information content (AvgIpc) is 2.48. The Kier molecular flexibility index (Phi) is 4.26. The molecule has 0 aliphatic rings. The van der Waals surface area contributed by atoms with Gasteiger partial charge in [0, 0.05) is 24.2 Å². The van der Waals surface area contributed by atoms with Crippen molar-refractivity contribution in [3.8, 4) is 11.8 Å². The molecule has 0 aliphatic heterocycles. The molecule has 0 amide bonds. The van der Waals surface area contributed by atoms with Gasteiger partial charge in [-0.25, -0.2) is 0 Å². The highest BCUT2D eigenvalue weighted by molar-refractivity contribution is 6.32. The molecule has 0 saturated carbocycles. The van der Waals surface area contributed by atoms with Crippen molar-refractivity contribution in [3.05, 3.63) is 62.7 Å². The Morgan fingerprint density at radius 2 is 2.14 bits per heavy atom. The standard InChI is InChI=1S/C14H10ClN3O3/c15-12-3-1-2-9(14(12)19)8-17-13-5-4-11(18(20)21)6-10(13)7-16/h1-6,17,19H,8H2. The molecule has 0 aliphatic carbocycles. The number of phenolic OH excluding ortho intramolecular Hbond substituents is 1. The Morgan fingerprint density at radius 3 is 2.81 bits per heavy atom. The number of nitriles is 1. The van der Waals surface area contributed by atoms with E-state index in [0.717, 1.165) is 0 Å². The van der Waals surface area contributed by atoms with Gasteiger partial charge in [0.2, 0.25) is 0 Å². The van der Waals surface area contributed by atoms with Crippen LogP contribution in [0.25, 0.3) is 0 Å². The first-order valence-corrected chi connectivity index (χ1v) is 6.29. The van der Waals surface area contributed by atoms with Crippen molar-refractivity contribution in [1.29, 1.82) is 5.26 Å². The van der Waals surface area contributed by atoms with E-state index in [1.165, 1.54) is 18.2 Å². The molecule has 0 spiro atoms. The summed E-state index contributed by atoms with van der Waals surface area (Å²) in [5.41, 5.74) is 1.01. The van der Waals surface area contributed by atoms with Gasteiger partial charge >= 0.3 is 0 Å². The zero-order valence-electron chi connectivity index (χ0n) is 10.7. The maximum Gasteiger partial charge on any atom is 0.270 e. The molecule has 0 unspecified atom stereocenters. The number of benzene rings is 2. The molecule has 2 aromatic rings. The van der Waals surface area contributed by atoms with E-state index >= 15 is 0 Å².